The molecule has 0 aliphatic rings. The van der Waals surface area contributed by atoms with Crippen molar-refractivity contribution < 1.29 is 0 Å². The molecule has 0 aliphatic heterocycles. The quantitative estimate of drug-likeness (QED) is 0.903. The Hall–Kier alpha value is -1.39. The Labute approximate surface area is 112 Å². The summed E-state index contributed by atoms with van der Waals surface area (Å²) < 4.78 is 1.84. The minimum Gasteiger partial charge on any atom is -0.313 e. The molecule has 0 aliphatic carbocycles. The van der Waals surface area contributed by atoms with Gasteiger partial charge in [-0.2, -0.15) is 0 Å². The number of halogens is 1. The number of aryl methyl sites for hydroxylation is 1. The third-order valence-electron chi connectivity index (χ3n) is 2.81. The molecule has 0 fully saturated rings. The van der Waals surface area contributed by atoms with E-state index in [1.807, 2.05) is 23.7 Å². The molecule has 4 nitrogen and oxygen atoms in total. The summed E-state index contributed by atoms with van der Waals surface area (Å²) >= 11 is 6.33. The van der Waals surface area contributed by atoms with Crippen molar-refractivity contribution in [2.24, 2.45) is 0 Å². The molecule has 0 saturated heterocycles. The highest BCUT2D eigenvalue weighted by molar-refractivity contribution is 6.33. The lowest BCUT2D eigenvalue weighted by atomic mass is 10.1. The van der Waals surface area contributed by atoms with Crippen LogP contribution < -0.4 is 5.32 Å². The molecule has 2 rings (SSSR count). The van der Waals surface area contributed by atoms with Gasteiger partial charge in [0.15, 0.2) is 0 Å². The van der Waals surface area contributed by atoms with E-state index < -0.39 is 0 Å². The van der Waals surface area contributed by atoms with Crippen molar-refractivity contribution >= 4 is 11.6 Å². The molecule has 18 heavy (non-hydrogen) atoms. The van der Waals surface area contributed by atoms with E-state index in [2.05, 4.69) is 28.6 Å². The van der Waals surface area contributed by atoms with Crippen molar-refractivity contribution in [3.63, 3.8) is 0 Å². The highest BCUT2D eigenvalue weighted by atomic mass is 35.5. The van der Waals surface area contributed by atoms with E-state index in [1.165, 1.54) is 5.56 Å². The number of hydrogen-bond acceptors (Lipinski definition) is 3. The largest absolute Gasteiger partial charge is 0.313 e. The van der Waals surface area contributed by atoms with Crippen LogP contribution in [0.1, 0.15) is 19.4 Å². The monoisotopic (exact) mass is 264 g/mol. The molecule has 0 saturated carbocycles. The van der Waals surface area contributed by atoms with E-state index in [4.69, 9.17) is 11.6 Å². The zero-order chi connectivity index (χ0) is 13.0. The maximum absolute atomic E-state index is 6.33. The number of aromatic nitrogens is 3. The molecular formula is C13H17ClN4. The third-order valence-corrected chi connectivity index (χ3v) is 3.12. The van der Waals surface area contributed by atoms with Gasteiger partial charge in [-0.15, -0.1) is 5.10 Å². The molecular weight excluding hydrogens is 248 g/mol. The molecule has 1 aromatic carbocycles. The van der Waals surface area contributed by atoms with Crippen molar-refractivity contribution in [1.29, 1.82) is 0 Å². The van der Waals surface area contributed by atoms with Crippen molar-refractivity contribution in [1.82, 2.24) is 20.3 Å². The molecule has 1 N–H and O–H groups in total. The minimum absolute atomic E-state index is 0.738. The summed E-state index contributed by atoms with van der Waals surface area (Å²) in [6.07, 6.45) is 1.74. The van der Waals surface area contributed by atoms with E-state index in [1.54, 1.807) is 6.20 Å². The van der Waals surface area contributed by atoms with Gasteiger partial charge in [-0.1, -0.05) is 35.9 Å². The maximum Gasteiger partial charge on any atom is 0.0900 e. The van der Waals surface area contributed by atoms with Gasteiger partial charge >= 0.3 is 0 Å². The summed E-state index contributed by atoms with van der Waals surface area (Å²) in [6.45, 7) is 6.69. The van der Waals surface area contributed by atoms with E-state index in [9.17, 15) is 0 Å². The Morgan fingerprint density at radius 3 is 2.83 bits per heavy atom. The first-order chi connectivity index (χ1) is 8.76. The number of benzene rings is 1. The van der Waals surface area contributed by atoms with E-state index in [0.717, 1.165) is 35.9 Å². The van der Waals surface area contributed by atoms with Crippen molar-refractivity contribution in [3.05, 3.63) is 35.0 Å². The number of rotatable bonds is 5. The summed E-state index contributed by atoms with van der Waals surface area (Å²) in [5.41, 5.74) is 3.11. The molecule has 0 unspecified atom stereocenters. The van der Waals surface area contributed by atoms with Crippen LogP contribution in [0.5, 0.6) is 0 Å². The van der Waals surface area contributed by atoms with Crippen LogP contribution in [0.4, 0.5) is 0 Å². The second kappa shape index (κ2) is 5.98. The lowest BCUT2D eigenvalue weighted by Crippen LogP contribution is -2.11. The van der Waals surface area contributed by atoms with Crippen LogP contribution in [0.2, 0.25) is 5.02 Å². The predicted molar refractivity (Wildman–Crippen MR) is 73.5 cm³/mol. The standard InChI is InChI=1S/C13H17ClN4/c1-3-15-8-10-5-6-11(12(14)7-10)13-9-16-17-18(13)4-2/h5-7,9,15H,3-4,8H2,1-2H3. The SMILES string of the molecule is CCNCc1ccc(-c2cnnn2CC)c(Cl)c1. The molecule has 0 amide bonds. The molecule has 0 bridgehead atoms. The third kappa shape index (κ3) is 2.71. The van der Waals surface area contributed by atoms with E-state index >= 15 is 0 Å². The normalized spacial score (nSPS) is 10.8. The maximum atomic E-state index is 6.33. The average molecular weight is 265 g/mol. The number of hydrogen-bond donors (Lipinski definition) is 1. The first-order valence-electron chi connectivity index (χ1n) is 6.14. The molecule has 0 radical (unpaired) electrons. The van der Waals surface area contributed by atoms with Crippen molar-refractivity contribution in [2.75, 3.05) is 6.54 Å². The molecule has 0 atom stereocenters. The fourth-order valence-electron chi connectivity index (χ4n) is 1.85. The first-order valence-corrected chi connectivity index (χ1v) is 6.52. The van der Waals surface area contributed by atoms with Crippen LogP contribution in [0.25, 0.3) is 11.3 Å². The highest BCUT2D eigenvalue weighted by Crippen LogP contribution is 2.28. The second-order valence-corrected chi connectivity index (χ2v) is 4.44. The van der Waals surface area contributed by atoms with Gasteiger partial charge in [0.2, 0.25) is 0 Å². The summed E-state index contributed by atoms with van der Waals surface area (Å²) in [7, 11) is 0. The fraction of sp³-hybridized carbons (Fsp3) is 0.385. The minimum atomic E-state index is 0.738. The number of nitrogens with one attached hydrogen (secondary N) is 1. The lowest BCUT2D eigenvalue weighted by Gasteiger charge is -2.08. The highest BCUT2D eigenvalue weighted by Gasteiger charge is 2.09. The van der Waals surface area contributed by atoms with E-state index in [-0.39, 0.29) is 0 Å². The van der Waals surface area contributed by atoms with Gasteiger partial charge in [0.1, 0.15) is 0 Å². The summed E-state index contributed by atoms with van der Waals surface area (Å²) in [4.78, 5) is 0. The van der Waals surface area contributed by atoms with Gasteiger partial charge < -0.3 is 5.32 Å². The Balaban J connectivity index is 2.30. The van der Waals surface area contributed by atoms with Crippen molar-refractivity contribution in [3.8, 4) is 11.3 Å². The zero-order valence-electron chi connectivity index (χ0n) is 10.7. The first kappa shape index (κ1) is 13.1. The topological polar surface area (TPSA) is 42.7 Å². The molecule has 1 heterocycles. The zero-order valence-corrected chi connectivity index (χ0v) is 11.4. The van der Waals surface area contributed by atoms with Gasteiger partial charge in [-0.05, 0) is 25.1 Å². The van der Waals surface area contributed by atoms with Crippen LogP contribution in [-0.4, -0.2) is 21.5 Å². The Morgan fingerprint density at radius 2 is 2.17 bits per heavy atom. The predicted octanol–water partition coefficient (Wildman–Crippen LogP) is 2.73. The smallest absolute Gasteiger partial charge is 0.0900 e. The second-order valence-electron chi connectivity index (χ2n) is 4.03. The molecule has 5 heteroatoms. The van der Waals surface area contributed by atoms with Gasteiger partial charge in [0.05, 0.1) is 16.9 Å². The molecule has 1 aromatic heterocycles. The van der Waals surface area contributed by atoms with Gasteiger partial charge in [-0.25, -0.2) is 4.68 Å². The van der Waals surface area contributed by atoms with Gasteiger partial charge in [0.25, 0.3) is 0 Å². The summed E-state index contributed by atoms with van der Waals surface area (Å²) in [5.74, 6) is 0. The van der Waals surface area contributed by atoms with E-state index in [0.29, 0.717) is 0 Å². The Bertz CT molecular complexity index is 521. The van der Waals surface area contributed by atoms with Gasteiger partial charge in [-0.3, -0.25) is 0 Å². The summed E-state index contributed by atoms with van der Waals surface area (Å²) in [5, 5.41) is 12.0. The molecule has 0 spiro atoms. The molecule has 2 aromatic rings. The average Bonchev–Trinajstić information content (AvgIpc) is 2.84. The number of nitrogens with zero attached hydrogens (tertiary/aromatic N) is 3. The van der Waals surface area contributed by atoms with Crippen LogP contribution in [0.15, 0.2) is 24.4 Å². The van der Waals surface area contributed by atoms with Crippen LogP contribution in [-0.2, 0) is 13.1 Å². The fourth-order valence-corrected chi connectivity index (χ4v) is 2.15. The van der Waals surface area contributed by atoms with Gasteiger partial charge in [0, 0.05) is 18.7 Å². The summed E-state index contributed by atoms with van der Waals surface area (Å²) in [6, 6.07) is 6.10. The Morgan fingerprint density at radius 1 is 1.33 bits per heavy atom. The van der Waals surface area contributed by atoms with Crippen LogP contribution >= 0.6 is 11.6 Å². The van der Waals surface area contributed by atoms with Crippen LogP contribution in [0.3, 0.4) is 0 Å². The van der Waals surface area contributed by atoms with Crippen molar-refractivity contribution in [2.45, 2.75) is 26.9 Å². The lowest BCUT2D eigenvalue weighted by molar-refractivity contribution is 0.632. The molecule has 96 valence electrons. The van der Waals surface area contributed by atoms with Crippen LogP contribution in [0, 0.1) is 0 Å². The Kier molecular flexibility index (Phi) is 4.33.